The largest absolute Gasteiger partial charge is 0.385 e. The van der Waals surface area contributed by atoms with E-state index in [0.29, 0.717) is 26.4 Å². The number of ether oxygens (including phenoxy) is 5. The number of aliphatic hydroxyl groups is 1. The van der Waals surface area contributed by atoms with Gasteiger partial charge < -0.3 is 28.8 Å². The standard InChI is InChI=1S/C29H34O6/c1-2-34-29(22-32-19-24-14-8-4-9-15-24)28(30)27(33-20-25-16-10-5-11-17-25)26(35-29)21-31-18-23-12-6-3-7-13-23/h3-17,26-28,30H,2,18-22H2,1H3/t26-,27-,28+,29-/m1/s1. The summed E-state index contributed by atoms with van der Waals surface area (Å²) in [6, 6.07) is 29.7. The lowest BCUT2D eigenvalue weighted by molar-refractivity contribution is -0.282. The maximum Gasteiger partial charge on any atom is 0.221 e. The van der Waals surface area contributed by atoms with Crippen LogP contribution in [0.5, 0.6) is 0 Å². The average Bonchev–Trinajstić information content (AvgIpc) is 3.15. The van der Waals surface area contributed by atoms with Gasteiger partial charge in [-0.05, 0) is 23.6 Å². The van der Waals surface area contributed by atoms with Gasteiger partial charge in [-0.3, -0.25) is 0 Å². The number of aliphatic hydroxyl groups excluding tert-OH is 1. The van der Waals surface area contributed by atoms with Crippen LogP contribution in [0.15, 0.2) is 91.0 Å². The molecule has 1 heterocycles. The van der Waals surface area contributed by atoms with Crippen LogP contribution in [0.3, 0.4) is 0 Å². The summed E-state index contributed by atoms with van der Waals surface area (Å²) in [6.45, 7) is 3.71. The predicted molar refractivity (Wildman–Crippen MR) is 132 cm³/mol. The van der Waals surface area contributed by atoms with Gasteiger partial charge in [0.1, 0.15) is 24.9 Å². The highest BCUT2D eigenvalue weighted by Gasteiger charge is 2.56. The highest BCUT2D eigenvalue weighted by atomic mass is 16.8. The van der Waals surface area contributed by atoms with Crippen LogP contribution < -0.4 is 0 Å². The minimum absolute atomic E-state index is 0.0667. The molecule has 186 valence electrons. The second-order valence-corrected chi connectivity index (χ2v) is 8.59. The van der Waals surface area contributed by atoms with E-state index in [1.165, 1.54) is 0 Å². The van der Waals surface area contributed by atoms with Gasteiger partial charge in [0.2, 0.25) is 5.79 Å². The smallest absolute Gasteiger partial charge is 0.221 e. The van der Waals surface area contributed by atoms with Crippen LogP contribution in [-0.4, -0.2) is 49.0 Å². The first-order chi connectivity index (χ1) is 17.2. The Bertz CT molecular complexity index is 984. The van der Waals surface area contributed by atoms with Crippen LogP contribution in [0.25, 0.3) is 0 Å². The summed E-state index contributed by atoms with van der Waals surface area (Å²) in [5, 5.41) is 11.4. The first kappa shape index (κ1) is 25.5. The van der Waals surface area contributed by atoms with Crippen molar-refractivity contribution in [1.82, 2.24) is 0 Å². The van der Waals surface area contributed by atoms with Gasteiger partial charge in [-0.15, -0.1) is 0 Å². The molecule has 1 fully saturated rings. The van der Waals surface area contributed by atoms with Gasteiger partial charge in [0.15, 0.2) is 0 Å². The SMILES string of the molecule is CCO[C@]1(COCc2ccccc2)O[C@H](COCc2ccccc2)[C@@H](OCc2ccccc2)[C@@H]1O. The molecule has 3 aromatic carbocycles. The van der Waals surface area contributed by atoms with E-state index in [1.54, 1.807) is 0 Å². The lowest BCUT2D eigenvalue weighted by Crippen LogP contribution is -2.49. The number of hydrogen-bond donors (Lipinski definition) is 1. The molecule has 0 radical (unpaired) electrons. The molecular weight excluding hydrogens is 444 g/mol. The zero-order valence-electron chi connectivity index (χ0n) is 20.1. The van der Waals surface area contributed by atoms with Gasteiger partial charge in [0, 0.05) is 6.61 Å². The molecule has 4 rings (SSSR count). The fraction of sp³-hybridized carbons (Fsp3) is 0.379. The van der Waals surface area contributed by atoms with Gasteiger partial charge in [0.05, 0.1) is 26.4 Å². The van der Waals surface area contributed by atoms with Gasteiger partial charge in [-0.1, -0.05) is 91.0 Å². The minimum Gasteiger partial charge on any atom is -0.385 e. The Kier molecular flexibility index (Phi) is 9.42. The van der Waals surface area contributed by atoms with Gasteiger partial charge in [-0.2, -0.15) is 0 Å². The zero-order valence-corrected chi connectivity index (χ0v) is 20.1. The molecule has 1 aliphatic heterocycles. The van der Waals surface area contributed by atoms with Gasteiger partial charge in [-0.25, -0.2) is 0 Å². The van der Waals surface area contributed by atoms with E-state index < -0.39 is 24.1 Å². The Hall–Kier alpha value is -2.58. The molecule has 0 bridgehead atoms. The Balaban J connectivity index is 1.44. The van der Waals surface area contributed by atoms with Crippen molar-refractivity contribution in [3.8, 4) is 0 Å². The molecule has 0 aromatic heterocycles. The van der Waals surface area contributed by atoms with Crippen LogP contribution in [0, 0.1) is 0 Å². The fourth-order valence-electron chi connectivity index (χ4n) is 4.22. The second kappa shape index (κ2) is 12.9. The third-order valence-electron chi connectivity index (χ3n) is 5.96. The van der Waals surface area contributed by atoms with Crippen LogP contribution >= 0.6 is 0 Å². The Morgan fingerprint density at radius 3 is 1.80 bits per heavy atom. The quantitative estimate of drug-likeness (QED) is 0.390. The van der Waals surface area contributed by atoms with Crippen molar-refractivity contribution < 1.29 is 28.8 Å². The molecule has 35 heavy (non-hydrogen) atoms. The van der Waals surface area contributed by atoms with Gasteiger partial charge in [0.25, 0.3) is 0 Å². The molecule has 1 saturated heterocycles. The second-order valence-electron chi connectivity index (χ2n) is 8.59. The molecule has 4 atom stereocenters. The van der Waals surface area contributed by atoms with Crippen LogP contribution in [0.1, 0.15) is 23.6 Å². The third-order valence-corrected chi connectivity index (χ3v) is 5.96. The van der Waals surface area contributed by atoms with E-state index in [-0.39, 0.29) is 13.2 Å². The molecule has 1 N–H and O–H groups in total. The number of benzene rings is 3. The summed E-state index contributed by atoms with van der Waals surface area (Å²) in [5.41, 5.74) is 3.11. The average molecular weight is 479 g/mol. The minimum atomic E-state index is -1.34. The van der Waals surface area contributed by atoms with E-state index in [9.17, 15) is 5.11 Å². The molecule has 0 saturated carbocycles. The summed E-state index contributed by atoms with van der Waals surface area (Å²) < 4.78 is 30.4. The zero-order chi connectivity index (χ0) is 24.3. The van der Waals surface area contributed by atoms with Gasteiger partial charge >= 0.3 is 0 Å². The van der Waals surface area contributed by atoms with E-state index in [1.807, 2.05) is 97.9 Å². The molecule has 0 unspecified atom stereocenters. The molecule has 0 aliphatic carbocycles. The van der Waals surface area contributed by atoms with E-state index in [0.717, 1.165) is 16.7 Å². The topological polar surface area (TPSA) is 66.4 Å². The van der Waals surface area contributed by atoms with E-state index in [2.05, 4.69) is 0 Å². The highest BCUT2D eigenvalue weighted by Crippen LogP contribution is 2.36. The monoisotopic (exact) mass is 478 g/mol. The van der Waals surface area contributed by atoms with E-state index >= 15 is 0 Å². The van der Waals surface area contributed by atoms with E-state index in [4.69, 9.17) is 23.7 Å². The molecule has 1 aliphatic rings. The number of hydrogen-bond acceptors (Lipinski definition) is 6. The molecule has 3 aromatic rings. The fourth-order valence-corrected chi connectivity index (χ4v) is 4.22. The first-order valence-corrected chi connectivity index (χ1v) is 12.1. The molecule has 6 heteroatoms. The third kappa shape index (κ3) is 6.98. The maximum absolute atomic E-state index is 11.4. The lowest BCUT2D eigenvalue weighted by atomic mass is 10.0. The summed E-state index contributed by atoms with van der Waals surface area (Å²) in [6.07, 6.45) is -2.21. The first-order valence-electron chi connectivity index (χ1n) is 12.1. The molecule has 6 nitrogen and oxygen atoms in total. The van der Waals surface area contributed by atoms with Crippen molar-refractivity contribution in [2.75, 3.05) is 19.8 Å². The predicted octanol–water partition coefficient (Wildman–Crippen LogP) is 4.50. The summed E-state index contributed by atoms with van der Waals surface area (Å²) in [5.74, 6) is -1.34. The highest BCUT2D eigenvalue weighted by molar-refractivity contribution is 5.15. The van der Waals surface area contributed by atoms with Crippen molar-refractivity contribution >= 4 is 0 Å². The normalized spacial score (nSPS) is 24.0. The Morgan fingerprint density at radius 1 is 0.743 bits per heavy atom. The Morgan fingerprint density at radius 2 is 1.26 bits per heavy atom. The van der Waals surface area contributed by atoms with Crippen LogP contribution in [-0.2, 0) is 43.5 Å². The summed E-state index contributed by atoms with van der Waals surface area (Å²) in [4.78, 5) is 0. The van der Waals surface area contributed by atoms with Crippen molar-refractivity contribution in [2.45, 2.75) is 50.8 Å². The maximum atomic E-state index is 11.4. The summed E-state index contributed by atoms with van der Waals surface area (Å²) >= 11 is 0. The summed E-state index contributed by atoms with van der Waals surface area (Å²) in [7, 11) is 0. The molecule has 0 spiro atoms. The van der Waals surface area contributed by atoms with Crippen molar-refractivity contribution in [2.24, 2.45) is 0 Å². The van der Waals surface area contributed by atoms with Crippen molar-refractivity contribution in [1.29, 1.82) is 0 Å². The molecular formula is C29H34O6. The Labute approximate surface area is 207 Å². The lowest BCUT2D eigenvalue weighted by Gasteiger charge is -2.31. The van der Waals surface area contributed by atoms with Crippen molar-refractivity contribution in [3.05, 3.63) is 108 Å². The van der Waals surface area contributed by atoms with Crippen LogP contribution in [0.4, 0.5) is 0 Å². The number of rotatable bonds is 13. The van der Waals surface area contributed by atoms with Crippen molar-refractivity contribution in [3.63, 3.8) is 0 Å². The van der Waals surface area contributed by atoms with Crippen LogP contribution in [0.2, 0.25) is 0 Å². The molecule has 0 amide bonds.